The molecule has 4 aromatic rings. The van der Waals surface area contributed by atoms with Crippen molar-refractivity contribution in [1.82, 2.24) is 19.5 Å². The van der Waals surface area contributed by atoms with E-state index in [0.29, 0.717) is 31.9 Å². The maximum Gasteiger partial charge on any atom is 0.245 e. The van der Waals surface area contributed by atoms with Crippen molar-refractivity contribution >= 4 is 32.9 Å². The molecule has 3 N–H and O–H groups in total. The summed E-state index contributed by atoms with van der Waals surface area (Å²) in [5.74, 6) is 0.0346. The van der Waals surface area contributed by atoms with Gasteiger partial charge in [0.25, 0.3) is 0 Å². The summed E-state index contributed by atoms with van der Waals surface area (Å²) in [4.78, 5) is 17.9. The molecule has 38 heavy (non-hydrogen) atoms. The fourth-order valence-electron chi connectivity index (χ4n) is 4.83. The van der Waals surface area contributed by atoms with Crippen molar-refractivity contribution in [3.05, 3.63) is 72.4 Å². The Balaban J connectivity index is 1.34. The quantitative estimate of drug-likeness (QED) is 0.372. The highest BCUT2D eigenvalue weighted by molar-refractivity contribution is 7.90. The molecule has 0 unspecified atom stereocenters. The number of primary amides is 1. The molecule has 0 radical (unpaired) electrons. The lowest BCUT2D eigenvalue weighted by Gasteiger charge is -2.37. The van der Waals surface area contributed by atoms with Gasteiger partial charge in [-0.05, 0) is 54.8 Å². The average Bonchev–Trinajstić information content (AvgIpc) is 3.32. The third kappa shape index (κ3) is 5.09. The minimum Gasteiger partial charge on any atom is -0.369 e. The molecule has 3 heterocycles. The van der Waals surface area contributed by atoms with Crippen LogP contribution in [0.15, 0.2) is 71.8 Å². The average molecular weight is 530 g/mol. The van der Waals surface area contributed by atoms with Crippen molar-refractivity contribution < 1.29 is 13.2 Å². The standard InChI is InChI=1S/C27H27N7O3S/c1-38(36,37)23-9-2-19(3-10-23)24-11-8-22-16-30-26(32-34(22)24)31-21-6-4-20(5-7-21)27(18-28)12-14-33(15-13-27)17-25(29)35/h2-11,16H,12-15,17H2,1H3,(H2,29,35)(H,31,32). The lowest BCUT2D eigenvalue weighted by Crippen LogP contribution is -2.45. The van der Waals surface area contributed by atoms with Crippen LogP contribution in [0.3, 0.4) is 0 Å². The van der Waals surface area contributed by atoms with Gasteiger partial charge in [0.05, 0.1) is 40.3 Å². The van der Waals surface area contributed by atoms with Gasteiger partial charge >= 0.3 is 0 Å². The number of sulfone groups is 1. The number of fused-ring (bicyclic) bond motifs is 1. The fraction of sp³-hybridized carbons (Fsp3) is 0.259. The number of hydrogen-bond donors (Lipinski definition) is 2. The molecular formula is C27H27N7O3S. The molecule has 1 amide bonds. The SMILES string of the molecule is CS(=O)(=O)c1ccc(-c2ccc3cnc(Nc4ccc(C5(C#N)CCN(CC(N)=O)CC5)cc4)nn23)cc1. The Bertz CT molecular complexity index is 1630. The van der Waals surface area contributed by atoms with Gasteiger partial charge in [-0.3, -0.25) is 9.69 Å². The lowest BCUT2D eigenvalue weighted by molar-refractivity contribution is -0.119. The van der Waals surface area contributed by atoms with E-state index in [-0.39, 0.29) is 17.3 Å². The zero-order valence-electron chi connectivity index (χ0n) is 20.8. The Hall–Kier alpha value is -4.27. The smallest absolute Gasteiger partial charge is 0.245 e. The van der Waals surface area contributed by atoms with Gasteiger partial charge in [0.15, 0.2) is 9.84 Å². The predicted octanol–water partition coefficient (Wildman–Crippen LogP) is 2.89. The number of nitrogens with zero attached hydrogens (tertiary/aromatic N) is 5. The lowest BCUT2D eigenvalue weighted by atomic mass is 9.74. The van der Waals surface area contributed by atoms with E-state index in [0.717, 1.165) is 28.0 Å². The second-order valence-corrected chi connectivity index (χ2v) is 11.6. The molecule has 1 fully saturated rings. The fourth-order valence-corrected chi connectivity index (χ4v) is 5.46. The molecule has 10 nitrogen and oxygen atoms in total. The molecule has 1 saturated heterocycles. The van der Waals surface area contributed by atoms with E-state index >= 15 is 0 Å². The Morgan fingerprint density at radius 2 is 1.76 bits per heavy atom. The van der Waals surface area contributed by atoms with Crippen LogP contribution in [0.5, 0.6) is 0 Å². The van der Waals surface area contributed by atoms with Gasteiger partial charge in [0, 0.05) is 30.6 Å². The van der Waals surface area contributed by atoms with Crippen LogP contribution in [0.25, 0.3) is 16.8 Å². The molecule has 11 heteroatoms. The van der Waals surface area contributed by atoms with Crippen LogP contribution in [0.1, 0.15) is 18.4 Å². The molecule has 0 atom stereocenters. The summed E-state index contributed by atoms with van der Waals surface area (Å²) in [6.45, 7) is 1.49. The number of hydrogen-bond acceptors (Lipinski definition) is 8. The van der Waals surface area contributed by atoms with Crippen LogP contribution in [-0.2, 0) is 20.0 Å². The third-order valence-corrected chi connectivity index (χ3v) is 8.10. The number of benzene rings is 2. The molecule has 0 spiro atoms. The molecule has 194 valence electrons. The highest BCUT2D eigenvalue weighted by Crippen LogP contribution is 2.35. The summed E-state index contributed by atoms with van der Waals surface area (Å²) < 4.78 is 25.3. The van der Waals surface area contributed by atoms with E-state index in [1.54, 1.807) is 35.0 Å². The number of amides is 1. The first-order chi connectivity index (χ1) is 18.2. The summed E-state index contributed by atoms with van der Waals surface area (Å²) >= 11 is 0. The monoisotopic (exact) mass is 529 g/mol. The van der Waals surface area contributed by atoms with Crippen LogP contribution in [0.4, 0.5) is 11.6 Å². The van der Waals surface area contributed by atoms with Crippen LogP contribution < -0.4 is 11.1 Å². The number of likely N-dealkylation sites (tertiary alicyclic amines) is 1. The van der Waals surface area contributed by atoms with Gasteiger partial charge in [0.1, 0.15) is 0 Å². The van der Waals surface area contributed by atoms with Crippen molar-refractivity contribution in [3.8, 4) is 17.3 Å². The van der Waals surface area contributed by atoms with E-state index in [9.17, 15) is 18.5 Å². The number of nitrogens with one attached hydrogen (secondary N) is 1. The summed E-state index contributed by atoms with van der Waals surface area (Å²) in [5, 5.41) is 17.8. The molecule has 0 bridgehead atoms. The number of aromatic nitrogens is 3. The van der Waals surface area contributed by atoms with E-state index in [1.807, 2.05) is 41.3 Å². The van der Waals surface area contributed by atoms with Gasteiger partial charge in [-0.1, -0.05) is 24.3 Å². The third-order valence-electron chi connectivity index (χ3n) is 6.97. The highest BCUT2D eigenvalue weighted by Gasteiger charge is 2.36. The maximum absolute atomic E-state index is 11.8. The summed E-state index contributed by atoms with van der Waals surface area (Å²) in [7, 11) is -3.27. The number of piperidine rings is 1. The van der Waals surface area contributed by atoms with Gasteiger partial charge in [0.2, 0.25) is 11.9 Å². The number of nitriles is 1. The van der Waals surface area contributed by atoms with Crippen molar-refractivity contribution in [1.29, 1.82) is 5.26 Å². The first-order valence-corrected chi connectivity index (χ1v) is 14.0. The van der Waals surface area contributed by atoms with Gasteiger partial charge in [-0.25, -0.2) is 17.9 Å². The molecule has 2 aromatic carbocycles. The molecule has 5 rings (SSSR count). The van der Waals surface area contributed by atoms with Crippen molar-refractivity contribution in [2.24, 2.45) is 5.73 Å². The topological polar surface area (TPSA) is 146 Å². The number of nitrogens with two attached hydrogens (primary N) is 1. The second-order valence-electron chi connectivity index (χ2n) is 9.57. The Kier molecular flexibility index (Phi) is 6.60. The molecule has 1 aliphatic heterocycles. The van der Waals surface area contributed by atoms with Crippen molar-refractivity contribution in [2.45, 2.75) is 23.2 Å². The normalized spacial score (nSPS) is 15.7. The molecule has 0 aliphatic carbocycles. The van der Waals surface area contributed by atoms with E-state index in [2.05, 4.69) is 21.5 Å². The number of carbonyl (C=O) groups excluding carboxylic acids is 1. The van der Waals surface area contributed by atoms with Crippen molar-refractivity contribution in [2.75, 3.05) is 31.2 Å². The highest BCUT2D eigenvalue weighted by atomic mass is 32.2. The molecule has 2 aromatic heterocycles. The van der Waals surface area contributed by atoms with Crippen LogP contribution in [0.2, 0.25) is 0 Å². The number of rotatable bonds is 7. The van der Waals surface area contributed by atoms with Gasteiger partial charge in [-0.15, -0.1) is 5.10 Å². The van der Waals surface area contributed by atoms with E-state index in [1.165, 1.54) is 6.26 Å². The Morgan fingerprint density at radius 3 is 2.37 bits per heavy atom. The van der Waals surface area contributed by atoms with Crippen LogP contribution >= 0.6 is 0 Å². The minimum absolute atomic E-state index is 0.212. The molecule has 1 aliphatic rings. The minimum atomic E-state index is -3.27. The zero-order chi connectivity index (χ0) is 26.9. The van der Waals surface area contributed by atoms with E-state index < -0.39 is 15.3 Å². The second kappa shape index (κ2) is 9.89. The Morgan fingerprint density at radius 1 is 1.08 bits per heavy atom. The molecular weight excluding hydrogens is 502 g/mol. The van der Waals surface area contributed by atoms with Gasteiger partial charge < -0.3 is 11.1 Å². The number of carbonyl (C=O) groups is 1. The first-order valence-electron chi connectivity index (χ1n) is 12.1. The Labute approximate surface area is 220 Å². The number of anilines is 2. The summed E-state index contributed by atoms with van der Waals surface area (Å²) in [6.07, 6.45) is 4.15. The van der Waals surface area contributed by atoms with Gasteiger partial charge in [-0.2, -0.15) is 5.26 Å². The zero-order valence-corrected chi connectivity index (χ0v) is 21.6. The largest absolute Gasteiger partial charge is 0.369 e. The molecule has 0 saturated carbocycles. The maximum atomic E-state index is 11.8. The van der Waals surface area contributed by atoms with Crippen LogP contribution in [0, 0.1) is 11.3 Å². The predicted molar refractivity (Wildman–Crippen MR) is 143 cm³/mol. The summed E-state index contributed by atoms with van der Waals surface area (Å²) in [6, 6.07) is 20.7. The van der Waals surface area contributed by atoms with Crippen LogP contribution in [-0.4, -0.2) is 59.7 Å². The summed E-state index contributed by atoms with van der Waals surface area (Å²) in [5.41, 5.74) is 8.85. The first kappa shape index (κ1) is 25.4. The van der Waals surface area contributed by atoms with Crippen molar-refractivity contribution in [3.63, 3.8) is 0 Å². The van der Waals surface area contributed by atoms with E-state index in [4.69, 9.17) is 5.73 Å².